The van der Waals surface area contributed by atoms with Crippen LogP contribution in [0.2, 0.25) is 0 Å². The smallest absolute Gasteiger partial charge is 0.157 e. The second-order valence-electron chi connectivity index (χ2n) is 7.20. The lowest BCUT2D eigenvalue weighted by atomic mass is 9.92. The van der Waals surface area contributed by atoms with Crippen LogP contribution in [0.3, 0.4) is 0 Å². The quantitative estimate of drug-likeness (QED) is 0.583. The highest BCUT2D eigenvalue weighted by Crippen LogP contribution is 2.33. The molecule has 0 radical (unpaired) electrons. The zero-order valence-corrected chi connectivity index (χ0v) is 15.3. The molecule has 1 aliphatic rings. The largest absolute Gasteiger partial charge is 0.357 e. The van der Waals surface area contributed by atoms with Gasteiger partial charge in [-0.25, -0.2) is 15.0 Å². The van der Waals surface area contributed by atoms with Crippen LogP contribution in [0.4, 0.5) is 5.82 Å². The summed E-state index contributed by atoms with van der Waals surface area (Å²) in [6, 6.07) is 12.7. The summed E-state index contributed by atoms with van der Waals surface area (Å²) in [5, 5.41) is 0. The molecule has 0 bridgehead atoms. The van der Waals surface area contributed by atoms with Crippen LogP contribution in [-0.4, -0.2) is 31.5 Å². The third-order valence-corrected chi connectivity index (χ3v) is 5.35. The van der Waals surface area contributed by atoms with Crippen molar-refractivity contribution in [1.82, 2.24) is 24.9 Å². The second-order valence-corrected chi connectivity index (χ2v) is 7.20. The van der Waals surface area contributed by atoms with E-state index in [9.17, 15) is 0 Å². The van der Waals surface area contributed by atoms with E-state index in [2.05, 4.69) is 55.2 Å². The summed E-state index contributed by atoms with van der Waals surface area (Å²) in [6.45, 7) is 3.66. The van der Waals surface area contributed by atoms with Crippen molar-refractivity contribution in [3.63, 3.8) is 0 Å². The van der Waals surface area contributed by atoms with Crippen LogP contribution >= 0.6 is 0 Å². The molecule has 0 spiro atoms. The van der Waals surface area contributed by atoms with E-state index in [4.69, 9.17) is 4.98 Å². The molecule has 1 unspecified atom stereocenters. The van der Waals surface area contributed by atoms with Gasteiger partial charge < -0.3 is 14.9 Å². The number of H-pyrrole nitrogens is 2. The molecular formula is C21H22N6. The number of anilines is 1. The van der Waals surface area contributed by atoms with Gasteiger partial charge in [-0.2, -0.15) is 0 Å². The van der Waals surface area contributed by atoms with Crippen molar-refractivity contribution < 1.29 is 0 Å². The minimum absolute atomic E-state index is 0.375. The van der Waals surface area contributed by atoms with E-state index in [1.165, 1.54) is 17.0 Å². The molecule has 0 amide bonds. The van der Waals surface area contributed by atoms with Crippen molar-refractivity contribution >= 4 is 16.9 Å². The molecule has 136 valence electrons. The number of aryl methyl sites for hydroxylation is 2. The number of aromatic amines is 2. The Bertz CT molecular complexity index is 1060. The molecule has 0 fully saturated rings. The summed E-state index contributed by atoms with van der Waals surface area (Å²) >= 11 is 0. The molecule has 1 aliphatic heterocycles. The second kappa shape index (κ2) is 6.54. The number of benzene rings is 1. The first kappa shape index (κ1) is 16.1. The van der Waals surface area contributed by atoms with Crippen LogP contribution in [-0.2, 0) is 13.0 Å². The fourth-order valence-electron chi connectivity index (χ4n) is 4.06. The fourth-order valence-corrected chi connectivity index (χ4v) is 4.06. The molecular weight excluding hydrogens is 336 g/mol. The maximum Gasteiger partial charge on any atom is 0.157 e. The van der Waals surface area contributed by atoms with Crippen molar-refractivity contribution in [3.05, 3.63) is 71.7 Å². The van der Waals surface area contributed by atoms with E-state index in [0.717, 1.165) is 48.6 Å². The summed E-state index contributed by atoms with van der Waals surface area (Å²) in [6.07, 6.45) is 5.86. The molecule has 3 aromatic heterocycles. The van der Waals surface area contributed by atoms with Crippen molar-refractivity contribution in [1.29, 1.82) is 0 Å². The maximum absolute atomic E-state index is 4.76. The number of hydrogen-bond donors (Lipinski definition) is 2. The van der Waals surface area contributed by atoms with E-state index >= 15 is 0 Å². The molecule has 6 heteroatoms. The maximum atomic E-state index is 4.76. The van der Waals surface area contributed by atoms with Crippen molar-refractivity contribution in [3.8, 4) is 0 Å². The number of hydrogen-bond acceptors (Lipinski definition) is 4. The zero-order chi connectivity index (χ0) is 18.2. The lowest BCUT2D eigenvalue weighted by molar-refractivity contribution is 0.546. The highest BCUT2D eigenvalue weighted by atomic mass is 15.2. The Labute approximate surface area is 157 Å². The molecule has 27 heavy (non-hydrogen) atoms. The molecule has 6 nitrogen and oxygen atoms in total. The van der Waals surface area contributed by atoms with Crippen LogP contribution in [0.15, 0.2) is 48.9 Å². The van der Waals surface area contributed by atoms with Gasteiger partial charge in [0.15, 0.2) is 5.82 Å². The van der Waals surface area contributed by atoms with Gasteiger partial charge in [-0.15, -0.1) is 0 Å². The molecule has 4 aromatic rings. The van der Waals surface area contributed by atoms with E-state index in [1.807, 2.05) is 25.5 Å². The molecule has 5 rings (SSSR count). The minimum atomic E-state index is 0.375. The number of rotatable bonds is 4. The topological polar surface area (TPSA) is 73.5 Å². The lowest BCUT2D eigenvalue weighted by Gasteiger charge is -2.33. The third-order valence-electron chi connectivity index (χ3n) is 5.35. The van der Waals surface area contributed by atoms with E-state index in [-0.39, 0.29) is 0 Å². The highest BCUT2D eigenvalue weighted by molar-refractivity contribution is 5.86. The van der Waals surface area contributed by atoms with E-state index in [0.29, 0.717) is 5.92 Å². The van der Waals surface area contributed by atoms with E-state index in [1.54, 1.807) is 0 Å². The van der Waals surface area contributed by atoms with Gasteiger partial charge in [0.25, 0.3) is 0 Å². The van der Waals surface area contributed by atoms with Gasteiger partial charge in [-0.3, -0.25) is 0 Å². The average Bonchev–Trinajstić information content (AvgIpc) is 3.35. The Balaban J connectivity index is 1.46. The number of aromatic nitrogens is 5. The normalized spacial score (nSPS) is 16.6. The van der Waals surface area contributed by atoms with Gasteiger partial charge in [0.05, 0.1) is 29.8 Å². The number of nitrogens with one attached hydrogen (secondary N) is 2. The Morgan fingerprint density at radius 3 is 2.89 bits per heavy atom. The van der Waals surface area contributed by atoms with E-state index < -0.39 is 0 Å². The van der Waals surface area contributed by atoms with Gasteiger partial charge in [-0.1, -0.05) is 30.3 Å². The monoisotopic (exact) mass is 358 g/mol. The standard InChI is InChI=1S/C21H22N6/c1-14-25-17-9-10-22-20(17)21(26-14)27-11-16(19-18(12-27)23-13-24-19)8-7-15-5-3-2-4-6-15/h2-6,9-10,13,16,22H,7-8,11-12H2,1H3,(H,23,24). The molecule has 0 aliphatic carbocycles. The molecule has 1 aromatic carbocycles. The fraction of sp³-hybridized carbons (Fsp3) is 0.286. The summed E-state index contributed by atoms with van der Waals surface area (Å²) < 4.78 is 0. The highest BCUT2D eigenvalue weighted by Gasteiger charge is 2.29. The molecule has 2 N–H and O–H groups in total. The lowest BCUT2D eigenvalue weighted by Crippen LogP contribution is -2.35. The summed E-state index contributed by atoms with van der Waals surface area (Å²) in [5.41, 5.74) is 5.74. The Morgan fingerprint density at radius 1 is 1.11 bits per heavy atom. The summed E-state index contributed by atoms with van der Waals surface area (Å²) in [5.74, 6) is 2.15. The molecule has 4 heterocycles. The predicted octanol–water partition coefficient (Wildman–Crippen LogP) is 3.73. The number of fused-ring (bicyclic) bond motifs is 2. The Kier molecular flexibility index (Phi) is 3.89. The first-order valence-electron chi connectivity index (χ1n) is 9.40. The summed E-state index contributed by atoms with van der Waals surface area (Å²) in [7, 11) is 0. The van der Waals surface area contributed by atoms with Crippen LogP contribution in [0.1, 0.15) is 35.1 Å². The molecule has 0 saturated heterocycles. The Hall–Kier alpha value is -3.15. The minimum Gasteiger partial charge on any atom is -0.357 e. The predicted molar refractivity (Wildman–Crippen MR) is 106 cm³/mol. The van der Waals surface area contributed by atoms with Crippen molar-refractivity contribution in [2.24, 2.45) is 0 Å². The van der Waals surface area contributed by atoms with Gasteiger partial charge in [0, 0.05) is 18.7 Å². The summed E-state index contributed by atoms with van der Waals surface area (Å²) in [4.78, 5) is 22.9. The first-order chi connectivity index (χ1) is 13.3. The average molecular weight is 358 g/mol. The van der Waals surface area contributed by atoms with Crippen LogP contribution in [0.25, 0.3) is 11.0 Å². The van der Waals surface area contributed by atoms with Gasteiger partial charge in [-0.05, 0) is 31.4 Å². The van der Waals surface area contributed by atoms with Crippen LogP contribution in [0.5, 0.6) is 0 Å². The zero-order valence-electron chi connectivity index (χ0n) is 15.3. The van der Waals surface area contributed by atoms with Gasteiger partial charge in [0.1, 0.15) is 11.3 Å². The third kappa shape index (κ3) is 2.97. The van der Waals surface area contributed by atoms with Crippen molar-refractivity contribution in [2.45, 2.75) is 32.2 Å². The van der Waals surface area contributed by atoms with Crippen molar-refractivity contribution in [2.75, 3.05) is 11.4 Å². The SMILES string of the molecule is Cc1nc(N2Cc3[nH]cnc3C(CCc3ccccc3)C2)c2[nH]ccc2n1. The number of nitrogens with zero attached hydrogens (tertiary/aromatic N) is 4. The number of imidazole rings is 1. The molecule has 1 atom stereocenters. The van der Waals surface area contributed by atoms with Gasteiger partial charge in [0.2, 0.25) is 0 Å². The Morgan fingerprint density at radius 2 is 2.00 bits per heavy atom. The first-order valence-corrected chi connectivity index (χ1v) is 9.40. The van der Waals surface area contributed by atoms with Gasteiger partial charge >= 0.3 is 0 Å². The van der Waals surface area contributed by atoms with Crippen LogP contribution < -0.4 is 4.90 Å². The van der Waals surface area contributed by atoms with Crippen LogP contribution in [0, 0.1) is 6.92 Å². The molecule has 0 saturated carbocycles.